The highest BCUT2D eigenvalue weighted by Crippen LogP contribution is 2.05. The first-order valence-corrected chi connectivity index (χ1v) is 3.68. The van der Waals surface area contributed by atoms with Crippen LogP contribution in [-0.2, 0) is 7.05 Å². The van der Waals surface area contributed by atoms with Gasteiger partial charge in [0.05, 0.1) is 13.2 Å². The number of aromatic amines is 1. The molecule has 0 atom stereocenters. The summed E-state index contributed by atoms with van der Waals surface area (Å²) in [6.07, 6.45) is 3.04. The lowest BCUT2D eigenvalue weighted by Gasteiger charge is -1.96. The minimum absolute atomic E-state index is 0.242. The van der Waals surface area contributed by atoms with Gasteiger partial charge in [0.1, 0.15) is 6.20 Å². The van der Waals surface area contributed by atoms with Crippen molar-refractivity contribution in [3.05, 3.63) is 22.9 Å². The molecule has 0 aliphatic rings. The number of hydrogen-bond acceptors (Lipinski definition) is 4. The third kappa shape index (κ3) is 1.03. The Morgan fingerprint density at radius 1 is 1.46 bits per heavy atom. The molecule has 0 saturated heterocycles. The second kappa shape index (κ2) is 2.51. The maximum absolute atomic E-state index is 11.2. The zero-order valence-electron chi connectivity index (χ0n) is 6.98. The predicted molar refractivity (Wildman–Crippen MR) is 45.7 cm³/mol. The van der Waals surface area contributed by atoms with Crippen LogP contribution in [0.1, 0.15) is 0 Å². The van der Waals surface area contributed by atoms with Gasteiger partial charge in [0.15, 0.2) is 11.3 Å². The van der Waals surface area contributed by atoms with E-state index >= 15 is 0 Å². The number of anilines is 1. The van der Waals surface area contributed by atoms with E-state index in [1.165, 1.54) is 17.0 Å². The van der Waals surface area contributed by atoms with Gasteiger partial charge in [0.2, 0.25) is 0 Å². The monoisotopic (exact) mass is 178 g/mol. The molecule has 0 saturated carbocycles. The molecule has 0 spiro atoms. The van der Waals surface area contributed by atoms with Gasteiger partial charge in [-0.3, -0.25) is 0 Å². The largest absolute Gasteiger partial charge is 0.442 e. The highest BCUT2D eigenvalue weighted by molar-refractivity contribution is 5.77. The van der Waals surface area contributed by atoms with Gasteiger partial charge in [-0.05, 0) is 0 Å². The second-order valence-electron chi connectivity index (χ2n) is 2.63. The molecule has 2 rings (SSSR count). The van der Waals surface area contributed by atoms with E-state index in [-0.39, 0.29) is 11.5 Å². The molecule has 0 bridgehead atoms. The number of rotatable bonds is 0. The fourth-order valence-electron chi connectivity index (χ4n) is 1.12. The molecule has 0 unspecified atom stereocenters. The Balaban J connectivity index is 3.06. The molecule has 0 aliphatic heterocycles. The van der Waals surface area contributed by atoms with Crippen LogP contribution in [0.3, 0.4) is 0 Å². The standard InChI is InChI=1S/C7H7N5O/c1-12-6-4(9-2-3-10-6)5(8)11-7(12)13/h2-3H,1H3,(H2,8,11,13)/p+1. The summed E-state index contributed by atoms with van der Waals surface area (Å²) in [6, 6.07) is 0. The minimum Gasteiger partial charge on any atom is -0.371 e. The summed E-state index contributed by atoms with van der Waals surface area (Å²) in [5.41, 5.74) is 6.23. The highest BCUT2D eigenvalue weighted by atomic mass is 16.1. The van der Waals surface area contributed by atoms with Crippen molar-refractivity contribution in [1.82, 2.24) is 15.0 Å². The fraction of sp³-hybridized carbons (Fsp3) is 0.143. The van der Waals surface area contributed by atoms with Crippen LogP contribution in [0.4, 0.5) is 5.82 Å². The maximum atomic E-state index is 11.2. The van der Waals surface area contributed by atoms with Crippen molar-refractivity contribution in [2.45, 2.75) is 0 Å². The van der Waals surface area contributed by atoms with Gasteiger partial charge < -0.3 is 5.73 Å². The summed E-state index contributed by atoms with van der Waals surface area (Å²) < 4.78 is 1.36. The Hall–Kier alpha value is -1.98. The number of fused-ring (bicyclic) bond motifs is 1. The van der Waals surface area contributed by atoms with E-state index in [9.17, 15) is 4.79 Å². The second-order valence-corrected chi connectivity index (χ2v) is 2.63. The van der Waals surface area contributed by atoms with Crippen LogP contribution in [0.15, 0.2) is 17.2 Å². The van der Waals surface area contributed by atoms with E-state index in [4.69, 9.17) is 5.73 Å². The van der Waals surface area contributed by atoms with Crippen molar-refractivity contribution in [1.29, 1.82) is 0 Å². The molecular weight excluding hydrogens is 170 g/mol. The Morgan fingerprint density at radius 3 is 2.92 bits per heavy atom. The molecule has 66 valence electrons. The molecular formula is C7H8N5O+. The third-order valence-corrected chi connectivity index (χ3v) is 1.80. The average molecular weight is 178 g/mol. The van der Waals surface area contributed by atoms with Gasteiger partial charge in [0.25, 0.3) is 5.65 Å². The summed E-state index contributed by atoms with van der Waals surface area (Å²) in [6.45, 7) is 0. The molecule has 2 heterocycles. The number of nitrogen functional groups attached to an aromatic ring is 1. The van der Waals surface area contributed by atoms with Crippen LogP contribution in [0.2, 0.25) is 0 Å². The topological polar surface area (TPSA) is 88.5 Å². The molecule has 0 fully saturated rings. The van der Waals surface area contributed by atoms with Crippen LogP contribution < -0.4 is 16.0 Å². The van der Waals surface area contributed by atoms with Crippen molar-refractivity contribution in [3.63, 3.8) is 0 Å². The zero-order valence-corrected chi connectivity index (χ0v) is 6.98. The number of hydrogen-bond donors (Lipinski definition) is 2. The highest BCUT2D eigenvalue weighted by Gasteiger charge is 2.12. The van der Waals surface area contributed by atoms with E-state index in [0.29, 0.717) is 11.2 Å². The van der Waals surface area contributed by atoms with Gasteiger partial charge in [-0.15, -0.1) is 4.98 Å². The molecule has 2 aromatic rings. The lowest BCUT2D eigenvalue weighted by molar-refractivity contribution is -0.664. The molecule has 0 amide bonds. The van der Waals surface area contributed by atoms with E-state index in [0.717, 1.165) is 0 Å². The Kier molecular flexibility index (Phi) is 1.48. The fourth-order valence-corrected chi connectivity index (χ4v) is 1.12. The van der Waals surface area contributed by atoms with Gasteiger partial charge in [-0.25, -0.2) is 14.8 Å². The SMILES string of the molecule is C[n+]1c(=O)[nH]c(N)c2nccnc21. The number of nitrogens with one attached hydrogen (secondary N) is 1. The van der Waals surface area contributed by atoms with Crippen LogP contribution in [0.25, 0.3) is 11.2 Å². The lowest BCUT2D eigenvalue weighted by Crippen LogP contribution is -2.49. The van der Waals surface area contributed by atoms with E-state index in [2.05, 4.69) is 15.0 Å². The summed E-state index contributed by atoms with van der Waals surface area (Å²) in [7, 11) is 1.61. The van der Waals surface area contributed by atoms with Crippen molar-refractivity contribution < 1.29 is 4.57 Å². The lowest BCUT2D eigenvalue weighted by atomic mass is 10.4. The van der Waals surface area contributed by atoms with Gasteiger partial charge in [0, 0.05) is 0 Å². The first-order chi connectivity index (χ1) is 6.20. The van der Waals surface area contributed by atoms with Crippen LogP contribution in [0, 0.1) is 0 Å². The average Bonchev–Trinajstić information content (AvgIpc) is 2.15. The summed E-state index contributed by atoms with van der Waals surface area (Å²) >= 11 is 0. The Bertz CT molecular complexity index is 518. The third-order valence-electron chi connectivity index (χ3n) is 1.80. The number of aryl methyl sites for hydroxylation is 1. The maximum Gasteiger partial charge on any atom is 0.442 e. The van der Waals surface area contributed by atoms with Crippen molar-refractivity contribution in [2.75, 3.05) is 5.73 Å². The van der Waals surface area contributed by atoms with E-state index in [1.807, 2.05) is 0 Å². The Morgan fingerprint density at radius 2 is 2.15 bits per heavy atom. The number of nitrogens with zero attached hydrogens (tertiary/aromatic N) is 3. The molecule has 2 aromatic heterocycles. The van der Waals surface area contributed by atoms with Crippen molar-refractivity contribution in [2.24, 2.45) is 7.05 Å². The van der Waals surface area contributed by atoms with E-state index < -0.39 is 0 Å². The predicted octanol–water partition coefficient (Wildman–Crippen LogP) is -1.28. The summed E-state index contributed by atoms with van der Waals surface area (Å²) in [5, 5.41) is 0. The van der Waals surface area contributed by atoms with Crippen LogP contribution in [0.5, 0.6) is 0 Å². The molecule has 6 heteroatoms. The van der Waals surface area contributed by atoms with E-state index in [1.54, 1.807) is 7.05 Å². The van der Waals surface area contributed by atoms with Crippen LogP contribution >= 0.6 is 0 Å². The molecule has 0 radical (unpaired) electrons. The molecule has 6 nitrogen and oxygen atoms in total. The van der Waals surface area contributed by atoms with Crippen LogP contribution in [-0.4, -0.2) is 15.0 Å². The first-order valence-electron chi connectivity index (χ1n) is 3.68. The smallest absolute Gasteiger partial charge is 0.371 e. The molecule has 3 N–H and O–H groups in total. The quantitative estimate of drug-likeness (QED) is 0.492. The molecule has 13 heavy (non-hydrogen) atoms. The number of H-pyrrole nitrogens is 1. The molecule has 0 aromatic carbocycles. The van der Waals surface area contributed by atoms with Gasteiger partial charge >= 0.3 is 5.69 Å². The minimum atomic E-state index is -0.300. The van der Waals surface area contributed by atoms with Crippen molar-refractivity contribution >= 4 is 17.0 Å². The summed E-state index contributed by atoms with van der Waals surface area (Å²) in [5.74, 6) is 0.242. The summed E-state index contributed by atoms with van der Waals surface area (Å²) in [4.78, 5) is 21.7. The molecule has 0 aliphatic carbocycles. The van der Waals surface area contributed by atoms with Crippen molar-refractivity contribution in [3.8, 4) is 0 Å². The number of nitrogens with two attached hydrogens (primary N) is 1. The first kappa shape index (κ1) is 7.66. The normalized spacial score (nSPS) is 10.5. The Labute approximate surface area is 73.1 Å². The number of aromatic nitrogens is 4. The van der Waals surface area contributed by atoms with Gasteiger partial charge in [-0.1, -0.05) is 0 Å². The zero-order chi connectivity index (χ0) is 9.42. The van der Waals surface area contributed by atoms with Gasteiger partial charge in [-0.2, -0.15) is 4.57 Å².